The maximum atomic E-state index is 10.0. The summed E-state index contributed by atoms with van der Waals surface area (Å²) >= 11 is 0. The molecule has 2 aromatic carbocycles. The van der Waals surface area contributed by atoms with Crippen LogP contribution >= 0.6 is 0 Å². The number of nitrogens with two attached hydrogens (primary N) is 1. The van der Waals surface area contributed by atoms with Crippen LogP contribution in [0.25, 0.3) is 5.69 Å². The van der Waals surface area contributed by atoms with Gasteiger partial charge in [0.15, 0.2) is 0 Å². The van der Waals surface area contributed by atoms with Gasteiger partial charge in [0.25, 0.3) is 0 Å². The first-order valence-electron chi connectivity index (χ1n) is 11.2. The molecule has 0 amide bonds. The summed E-state index contributed by atoms with van der Waals surface area (Å²) < 4.78 is 13.4. The molecular formula is C26H27N5O2. The largest absolute Gasteiger partial charge is 0.496 e. The molecule has 0 bridgehead atoms. The van der Waals surface area contributed by atoms with Crippen LogP contribution in [-0.4, -0.2) is 34.9 Å². The summed E-state index contributed by atoms with van der Waals surface area (Å²) in [6, 6.07) is 18.2. The number of hydrogen-bond acceptors (Lipinski definition) is 6. The van der Waals surface area contributed by atoms with Gasteiger partial charge in [-0.15, -0.1) is 0 Å². The molecule has 7 heteroatoms. The summed E-state index contributed by atoms with van der Waals surface area (Å²) in [4.78, 5) is 2.44. The number of ether oxygens (including phenoxy) is 2. The number of benzene rings is 2. The highest BCUT2D eigenvalue weighted by molar-refractivity contribution is 5.58. The van der Waals surface area contributed by atoms with Crippen molar-refractivity contribution in [3.05, 3.63) is 82.4 Å². The highest BCUT2D eigenvalue weighted by Gasteiger charge is 2.36. The van der Waals surface area contributed by atoms with Crippen molar-refractivity contribution in [2.45, 2.75) is 32.2 Å². The van der Waals surface area contributed by atoms with Crippen LogP contribution in [0.1, 0.15) is 41.1 Å². The van der Waals surface area contributed by atoms with E-state index in [9.17, 15) is 5.26 Å². The topological polar surface area (TPSA) is 89.3 Å². The second kappa shape index (κ2) is 8.64. The molecule has 1 saturated heterocycles. The van der Waals surface area contributed by atoms with Crippen LogP contribution in [0.2, 0.25) is 0 Å². The molecule has 0 saturated carbocycles. The minimum Gasteiger partial charge on any atom is -0.496 e. The van der Waals surface area contributed by atoms with Crippen molar-refractivity contribution in [3.63, 3.8) is 0 Å². The lowest BCUT2D eigenvalue weighted by molar-refractivity contribution is 0.320. The highest BCUT2D eigenvalue weighted by atomic mass is 16.5. The van der Waals surface area contributed by atoms with Gasteiger partial charge in [0.05, 0.1) is 30.0 Å². The van der Waals surface area contributed by atoms with Crippen LogP contribution in [-0.2, 0) is 6.54 Å². The zero-order chi connectivity index (χ0) is 22.9. The number of fused-ring (bicyclic) bond motifs is 1. The summed E-state index contributed by atoms with van der Waals surface area (Å²) in [5.41, 5.74) is 11.3. The van der Waals surface area contributed by atoms with Crippen LogP contribution in [0.3, 0.4) is 0 Å². The molecular weight excluding hydrogens is 414 g/mol. The Kier molecular flexibility index (Phi) is 5.53. The Morgan fingerprint density at radius 3 is 2.64 bits per heavy atom. The van der Waals surface area contributed by atoms with E-state index in [0.717, 1.165) is 53.5 Å². The molecule has 33 heavy (non-hydrogen) atoms. The molecule has 168 valence electrons. The Balaban J connectivity index is 1.64. The summed E-state index contributed by atoms with van der Waals surface area (Å²) in [5.74, 6) is 1.16. The first kappa shape index (κ1) is 21.1. The Labute approximate surface area is 193 Å². The van der Waals surface area contributed by atoms with Gasteiger partial charge in [0, 0.05) is 12.1 Å². The molecule has 1 aromatic heterocycles. The SMILES string of the molecule is COc1ccc(C2C(C#N)=C(N)Oc3c2c(C)nn3-c2ccccc2)cc1CN1CCCC1. The van der Waals surface area contributed by atoms with Crippen LogP contribution in [0.15, 0.2) is 60.0 Å². The Hall–Kier alpha value is -3.76. The smallest absolute Gasteiger partial charge is 0.229 e. The number of likely N-dealkylation sites (tertiary alicyclic amines) is 1. The number of aromatic nitrogens is 2. The van der Waals surface area contributed by atoms with Crippen molar-refractivity contribution >= 4 is 0 Å². The van der Waals surface area contributed by atoms with Gasteiger partial charge in [-0.25, -0.2) is 4.68 Å². The molecule has 0 aliphatic carbocycles. The fourth-order valence-electron chi connectivity index (χ4n) is 4.87. The number of para-hydroxylation sites is 1. The zero-order valence-corrected chi connectivity index (χ0v) is 18.9. The van der Waals surface area contributed by atoms with E-state index in [1.807, 2.05) is 49.4 Å². The second-order valence-electron chi connectivity index (χ2n) is 8.53. The Morgan fingerprint density at radius 2 is 1.94 bits per heavy atom. The van der Waals surface area contributed by atoms with Crippen molar-refractivity contribution in [1.29, 1.82) is 5.26 Å². The standard InChI is InChI=1S/C26H27N5O2/c1-17-23-24(18-10-11-22(32-2)19(14-18)16-30-12-6-7-13-30)21(15-27)25(28)33-26(23)31(29-17)20-8-4-3-5-9-20/h3-5,8-11,14,24H,6-7,12-13,16,28H2,1-2H3. The molecule has 7 nitrogen and oxygen atoms in total. The maximum absolute atomic E-state index is 10.0. The highest BCUT2D eigenvalue weighted by Crippen LogP contribution is 2.45. The van der Waals surface area contributed by atoms with Crippen LogP contribution in [0.4, 0.5) is 0 Å². The zero-order valence-electron chi connectivity index (χ0n) is 18.9. The lowest BCUT2D eigenvalue weighted by Crippen LogP contribution is -2.22. The number of aryl methyl sites for hydroxylation is 1. The van der Waals surface area contributed by atoms with E-state index in [1.54, 1.807) is 11.8 Å². The molecule has 2 aliphatic heterocycles. The van der Waals surface area contributed by atoms with E-state index < -0.39 is 0 Å². The molecule has 1 fully saturated rings. The van der Waals surface area contributed by atoms with Gasteiger partial charge < -0.3 is 15.2 Å². The van der Waals surface area contributed by atoms with Crippen molar-refractivity contribution in [2.24, 2.45) is 5.73 Å². The minimum absolute atomic E-state index is 0.115. The quantitative estimate of drug-likeness (QED) is 0.644. The van der Waals surface area contributed by atoms with Crippen molar-refractivity contribution in [1.82, 2.24) is 14.7 Å². The normalized spacial score (nSPS) is 18.0. The number of methoxy groups -OCH3 is 1. The van der Waals surface area contributed by atoms with Gasteiger partial charge >= 0.3 is 0 Å². The molecule has 2 aliphatic rings. The van der Waals surface area contributed by atoms with Gasteiger partial charge in [-0.3, -0.25) is 4.90 Å². The number of nitrogens with zero attached hydrogens (tertiary/aromatic N) is 4. The summed E-state index contributed by atoms with van der Waals surface area (Å²) in [5, 5.41) is 14.8. The first-order chi connectivity index (χ1) is 16.1. The Bertz CT molecular complexity index is 1250. The minimum atomic E-state index is -0.362. The number of hydrogen-bond donors (Lipinski definition) is 1. The monoisotopic (exact) mass is 441 g/mol. The van der Waals surface area contributed by atoms with E-state index in [-0.39, 0.29) is 11.8 Å². The van der Waals surface area contributed by atoms with Crippen LogP contribution in [0.5, 0.6) is 11.6 Å². The number of rotatable bonds is 5. The van der Waals surface area contributed by atoms with E-state index in [4.69, 9.17) is 20.3 Å². The van der Waals surface area contributed by atoms with Gasteiger partial charge in [-0.2, -0.15) is 10.4 Å². The third kappa shape index (κ3) is 3.73. The summed E-state index contributed by atoms with van der Waals surface area (Å²) in [7, 11) is 1.70. The predicted octanol–water partition coefficient (Wildman–Crippen LogP) is 4.00. The average molecular weight is 442 g/mol. The van der Waals surface area contributed by atoms with Gasteiger partial charge in [0.1, 0.15) is 17.4 Å². The van der Waals surface area contributed by atoms with Crippen LogP contribution in [0, 0.1) is 18.3 Å². The lowest BCUT2D eigenvalue weighted by Gasteiger charge is -2.26. The molecule has 0 spiro atoms. The van der Waals surface area contributed by atoms with E-state index in [1.165, 1.54) is 12.8 Å². The maximum Gasteiger partial charge on any atom is 0.229 e. The number of nitriles is 1. The first-order valence-corrected chi connectivity index (χ1v) is 11.2. The third-order valence-corrected chi connectivity index (χ3v) is 6.46. The molecule has 0 radical (unpaired) electrons. The van der Waals surface area contributed by atoms with Crippen LogP contribution < -0.4 is 15.2 Å². The molecule has 1 unspecified atom stereocenters. The fourth-order valence-corrected chi connectivity index (χ4v) is 4.87. The Morgan fingerprint density at radius 1 is 1.18 bits per heavy atom. The predicted molar refractivity (Wildman–Crippen MR) is 125 cm³/mol. The fraction of sp³-hybridized carbons (Fsp3) is 0.308. The van der Waals surface area contributed by atoms with E-state index in [2.05, 4.69) is 17.0 Å². The van der Waals surface area contributed by atoms with Crippen molar-refractivity contribution < 1.29 is 9.47 Å². The molecule has 3 heterocycles. The molecule has 1 atom stereocenters. The van der Waals surface area contributed by atoms with Crippen molar-refractivity contribution in [2.75, 3.05) is 20.2 Å². The second-order valence-corrected chi connectivity index (χ2v) is 8.53. The lowest BCUT2D eigenvalue weighted by atomic mass is 9.83. The van der Waals surface area contributed by atoms with E-state index >= 15 is 0 Å². The van der Waals surface area contributed by atoms with Crippen molar-refractivity contribution in [3.8, 4) is 23.4 Å². The van der Waals surface area contributed by atoms with E-state index in [0.29, 0.717) is 11.5 Å². The molecule has 2 N–H and O–H groups in total. The van der Waals surface area contributed by atoms with Gasteiger partial charge in [-0.05, 0) is 62.7 Å². The summed E-state index contributed by atoms with van der Waals surface area (Å²) in [6.07, 6.45) is 2.45. The molecule has 5 rings (SSSR count). The number of allylic oxidation sites excluding steroid dienone is 1. The third-order valence-electron chi connectivity index (χ3n) is 6.46. The van der Waals surface area contributed by atoms with Gasteiger partial charge in [-0.1, -0.05) is 24.3 Å². The average Bonchev–Trinajstić information content (AvgIpc) is 3.46. The molecule has 3 aromatic rings. The summed E-state index contributed by atoms with van der Waals surface area (Å²) in [6.45, 7) is 4.94. The van der Waals surface area contributed by atoms with Gasteiger partial charge in [0.2, 0.25) is 11.8 Å².